The summed E-state index contributed by atoms with van der Waals surface area (Å²) < 4.78 is 0. The Hall–Kier alpha value is -0.840. The van der Waals surface area contributed by atoms with Crippen LogP contribution in [0.25, 0.3) is 5.53 Å². The number of rotatable bonds is 1. The molecule has 0 aliphatic heterocycles. The van der Waals surface area contributed by atoms with Gasteiger partial charge in [0.05, 0.1) is 0 Å². The van der Waals surface area contributed by atoms with E-state index in [1.165, 1.54) is 0 Å². The minimum absolute atomic E-state index is 0.865. The highest BCUT2D eigenvalue weighted by Gasteiger charge is 1.58. The predicted molar refractivity (Wildman–Crippen MR) is 23.5 cm³/mol. The molecular formula is C4H6N2. The molecule has 0 rings (SSSR count). The number of allylic oxidation sites excluding steroid dienone is 1. The lowest BCUT2D eigenvalue weighted by molar-refractivity contribution is 0.00787. The Morgan fingerprint density at radius 1 is 2.00 bits per heavy atom. The summed E-state index contributed by atoms with van der Waals surface area (Å²) in [6.07, 6.45) is 2.50. The van der Waals surface area contributed by atoms with Crippen LogP contribution in [0.2, 0.25) is 0 Å². The molecule has 0 aromatic rings. The Kier molecular flexibility index (Phi) is 3.58. The lowest BCUT2D eigenvalue weighted by Gasteiger charge is -1.53. The molecule has 0 N–H and O–H groups in total. The minimum atomic E-state index is 0.865. The molecule has 2 nitrogen and oxygen atoms in total. The molecule has 32 valence electrons. The van der Waals surface area contributed by atoms with Crippen molar-refractivity contribution in [2.45, 2.75) is 13.3 Å². The van der Waals surface area contributed by atoms with Crippen molar-refractivity contribution in [1.29, 1.82) is 0 Å². The Morgan fingerprint density at radius 2 is 2.67 bits per heavy atom. The van der Waals surface area contributed by atoms with Crippen LogP contribution >= 0.6 is 0 Å². The standard InChI is InChI=1S/C4H6N2/c1-2-3-4-6-5/h3H,2H2,1H3. The van der Waals surface area contributed by atoms with E-state index >= 15 is 0 Å². The summed E-state index contributed by atoms with van der Waals surface area (Å²) in [7, 11) is 0. The normalized spacial score (nSPS) is 5.50. The zero-order valence-corrected chi connectivity index (χ0v) is 3.68. The second kappa shape index (κ2) is 4.16. The Labute approximate surface area is 36.7 Å². The maximum absolute atomic E-state index is 7.68. The number of hydrogen-bond acceptors (Lipinski definition) is 0. The van der Waals surface area contributed by atoms with Gasteiger partial charge in [0.2, 0.25) is 0 Å². The van der Waals surface area contributed by atoms with Gasteiger partial charge in [-0.3, -0.25) is 0 Å². The van der Waals surface area contributed by atoms with E-state index < -0.39 is 0 Å². The molecule has 0 saturated carbocycles. The summed E-state index contributed by atoms with van der Waals surface area (Å²) in [5, 5.41) is 0. The largest absolute Gasteiger partial charge is 0.348 e. The molecule has 0 aromatic carbocycles. The fraction of sp³-hybridized carbons (Fsp3) is 0.500. The molecule has 0 heterocycles. The maximum atomic E-state index is 7.68. The van der Waals surface area contributed by atoms with E-state index in [0.29, 0.717) is 0 Å². The van der Waals surface area contributed by atoms with E-state index in [0.717, 1.165) is 6.42 Å². The smallest absolute Gasteiger partial charge is 0.295 e. The fourth-order valence-corrected chi connectivity index (χ4v) is 0.132. The van der Waals surface area contributed by atoms with E-state index in [9.17, 15) is 0 Å². The monoisotopic (exact) mass is 82.1 g/mol. The first-order valence-corrected chi connectivity index (χ1v) is 1.83. The van der Waals surface area contributed by atoms with Crippen LogP contribution in [0.3, 0.4) is 0 Å². The molecule has 0 atom stereocenters. The maximum Gasteiger partial charge on any atom is 0.295 e. The molecule has 0 fully saturated rings. The third kappa shape index (κ3) is 3.16. The molecule has 0 spiro atoms. The van der Waals surface area contributed by atoms with E-state index in [-0.39, 0.29) is 0 Å². The molecule has 2 heteroatoms. The Bertz CT molecular complexity index is 94.1. The van der Waals surface area contributed by atoms with Gasteiger partial charge < -0.3 is 5.53 Å². The molecule has 0 aliphatic rings. The van der Waals surface area contributed by atoms with Gasteiger partial charge in [-0.25, -0.2) is 0 Å². The molecule has 0 amide bonds. The summed E-state index contributed by atoms with van der Waals surface area (Å²) >= 11 is 0. The third-order valence-corrected chi connectivity index (χ3v) is 0.353. The van der Waals surface area contributed by atoms with E-state index in [1.807, 2.05) is 6.92 Å². The Morgan fingerprint density at radius 3 is 2.83 bits per heavy atom. The van der Waals surface area contributed by atoms with Crippen molar-refractivity contribution in [3.63, 3.8) is 0 Å². The number of hydrogen-bond donors (Lipinski definition) is 0. The van der Waals surface area contributed by atoms with Crippen LogP contribution in [0, 0.1) is 0 Å². The third-order valence-electron chi connectivity index (χ3n) is 0.353. The summed E-state index contributed by atoms with van der Waals surface area (Å²) in [6, 6.07) is 0. The van der Waals surface area contributed by atoms with E-state index in [2.05, 4.69) is 10.7 Å². The van der Waals surface area contributed by atoms with Crippen molar-refractivity contribution in [3.8, 4) is 0 Å². The topological polar surface area (TPSA) is 36.4 Å². The highest BCUT2D eigenvalue weighted by molar-refractivity contribution is 5.43. The predicted octanol–water partition coefficient (Wildman–Crippen LogP) is 0.852. The van der Waals surface area contributed by atoms with Gasteiger partial charge in [-0.2, -0.15) is 0 Å². The zero-order valence-electron chi connectivity index (χ0n) is 3.68. The highest BCUT2D eigenvalue weighted by Crippen LogP contribution is 1.65. The fourth-order valence-electron chi connectivity index (χ4n) is 0.132. The lowest BCUT2D eigenvalue weighted by Crippen LogP contribution is -1.52. The van der Waals surface area contributed by atoms with Crippen molar-refractivity contribution in [3.05, 3.63) is 11.6 Å². The van der Waals surface area contributed by atoms with Crippen LogP contribution in [0.1, 0.15) is 13.3 Å². The van der Waals surface area contributed by atoms with Crippen LogP contribution in [0.15, 0.2) is 6.08 Å². The minimum Gasteiger partial charge on any atom is -0.348 e. The van der Waals surface area contributed by atoms with Crippen molar-refractivity contribution < 1.29 is 4.79 Å². The molecule has 0 aromatic heterocycles. The molecule has 0 aliphatic carbocycles. The van der Waals surface area contributed by atoms with Gasteiger partial charge in [0.1, 0.15) is 0 Å². The summed E-state index contributed by atoms with van der Waals surface area (Å²) in [6.45, 7) is 1.94. The first-order chi connectivity index (χ1) is 2.91. The second-order valence-corrected chi connectivity index (χ2v) is 0.841. The lowest BCUT2D eigenvalue weighted by atomic mass is 10.5. The Balaban J connectivity index is 3.47. The highest BCUT2D eigenvalue weighted by atomic mass is 14.8. The summed E-state index contributed by atoms with van der Waals surface area (Å²) in [5.41, 5.74) is 7.68. The van der Waals surface area contributed by atoms with Gasteiger partial charge >= 0.3 is 0 Å². The summed E-state index contributed by atoms with van der Waals surface area (Å²) in [5.74, 6) is 2.25. The van der Waals surface area contributed by atoms with Crippen molar-refractivity contribution in [2.24, 2.45) is 0 Å². The van der Waals surface area contributed by atoms with Crippen LogP contribution in [-0.4, -0.2) is 10.7 Å². The molecule has 6 heavy (non-hydrogen) atoms. The van der Waals surface area contributed by atoms with Crippen molar-refractivity contribution >= 4 is 5.87 Å². The SMILES string of the molecule is CCC=C=[N+]=[N-]. The van der Waals surface area contributed by atoms with E-state index in [1.54, 1.807) is 6.08 Å². The molecule has 0 unspecified atom stereocenters. The molecule has 0 bridgehead atoms. The summed E-state index contributed by atoms with van der Waals surface area (Å²) in [4.78, 5) is 2.62. The van der Waals surface area contributed by atoms with Gasteiger partial charge in [-0.15, -0.1) is 4.79 Å². The average molecular weight is 82.1 g/mol. The van der Waals surface area contributed by atoms with Crippen LogP contribution in [0.4, 0.5) is 0 Å². The zero-order chi connectivity index (χ0) is 4.83. The van der Waals surface area contributed by atoms with Crippen molar-refractivity contribution in [2.75, 3.05) is 0 Å². The van der Waals surface area contributed by atoms with Crippen LogP contribution < -0.4 is 0 Å². The van der Waals surface area contributed by atoms with Gasteiger partial charge in [0.15, 0.2) is 0 Å². The molecule has 0 saturated heterocycles. The van der Waals surface area contributed by atoms with Gasteiger partial charge in [-0.1, -0.05) is 6.92 Å². The number of nitrogens with zero attached hydrogens (tertiary/aromatic N) is 2. The average Bonchev–Trinajstić information content (AvgIpc) is 1.61. The van der Waals surface area contributed by atoms with Gasteiger partial charge in [-0.05, 0) is 6.42 Å². The van der Waals surface area contributed by atoms with Gasteiger partial charge in [0.25, 0.3) is 5.87 Å². The van der Waals surface area contributed by atoms with Gasteiger partial charge in [0, 0.05) is 6.08 Å². The van der Waals surface area contributed by atoms with Crippen molar-refractivity contribution in [1.82, 2.24) is 0 Å². The first-order valence-electron chi connectivity index (χ1n) is 1.83. The van der Waals surface area contributed by atoms with E-state index in [4.69, 9.17) is 5.53 Å². The molecular weight excluding hydrogens is 76.1 g/mol. The molecule has 0 radical (unpaired) electrons. The second-order valence-electron chi connectivity index (χ2n) is 0.841. The first kappa shape index (κ1) is 5.16. The van der Waals surface area contributed by atoms with Crippen LogP contribution in [0.5, 0.6) is 0 Å². The van der Waals surface area contributed by atoms with Crippen LogP contribution in [-0.2, 0) is 0 Å². The quantitative estimate of drug-likeness (QED) is 0.255.